The highest BCUT2D eigenvalue weighted by Gasteiger charge is 2.49. The summed E-state index contributed by atoms with van der Waals surface area (Å²) in [4.78, 5) is 3.84. The van der Waals surface area contributed by atoms with E-state index >= 15 is 0 Å². The van der Waals surface area contributed by atoms with Crippen LogP contribution in [0.1, 0.15) is 5.69 Å². The van der Waals surface area contributed by atoms with E-state index in [1.54, 1.807) is 0 Å². The molecular weight excluding hydrogens is 732 g/mol. The topological polar surface area (TPSA) is 108 Å². The van der Waals surface area contributed by atoms with Gasteiger partial charge >= 0.3 is 46.2 Å². The molecule has 1 aliphatic heterocycles. The lowest BCUT2D eigenvalue weighted by Gasteiger charge is -2.34. The van der Waals surface area contributed by atoms with E-state index in [-0.39, 0.29) is 12.1 Å². The Morgan fingerprint density at radius 3 is 1.31 bits per heavy atom. The van der Waals surface area contributed by atoms with Crippen molar-refractivity contribution in [2.75, 3.05) is 39.6 Å². The minimum Gasteiger partial charge on any atom is -0.306 e. The lowest BCUT2D eigenvalue weighted by atomic mass is 10.3. The van der Waals surface area contributed by atoms with Crippen LogP contribution in [0.3, 0.4) is 0 Å². The average molecular weight is 751 g/mol. The van der Waals surface area contributed by atoms with Crippen molar-refractivity contribution < 1.29 is 88.5 Å². The minimum absolute atomic E-state index is 0.145. The van der Waals surface area contributed by atoms with Gasteiger partial charge in [-0.25, -0.2) is 5.09 Å². The minimum atomic E-state index is -5.92. The van der Waals surface area contributed by atoms with Gasteiger partial charge in [-0.15, -0.1) is 4.52 Å². The van der Waals surface area contributed by atoms with Gasteiger partial charge in [0.25, 0.3) is 7.58 Å². The van der Waals surface area contributed by atoms with Crippen molar-refractivity contribution in [1.82, 2.24) is 10.1 Å². The van der Waals surface area contributed by atoms with E-state index in [4.69, 9.17) is 0 Å². The average Bonchev–Trinajstić information content (AvgIpc) is 2.87. The van der Waals surface area contributed by atoms with Crippen molar-refractivity contribution in [1.29, 1.82) is 0 Å². The molecule has 28 heteroatoms. The highest BCUT2D eigenvalue weighted by atomic mass is 31.3. The summed E-state index contributed by atoms with van der Waals surface area (Å²) in [5.74, 6) is 0. The van der Waals surface area contributed by atoms with Crippen molar-refractivity contribution in [2.24, 2.45) is 13.5 Å². The molecule has 1 aliphatic rings. The fraction of sp³-hybridized carbons (Fsp3) is 0.706. The first-order chi connectivity index (χ1) is 20.2. The van der Waals surface area contributed by atoms with Gasteiger partial charge in [0.2, 0.25) is 0 Å². The zero-order valence-corrected chi connectivity index (χ0v) is 24.3. The van der Waals surface area contributed by atoms with Gasteiger partial charge in [0.1, 0.15) is 0 Å². The summed E-state index contributed by atoms with van der Waals surface area (Å²) in [6.07, 6.45) is -26.4. The Kier molecular flexibility index (Phi) is 13.0. The summed E-state index contributed by atoms with van der Waals surface area (Å²) in [5.41, 5.74) is 0.145. The number of pyridine rings is 1. The normalized spacial score (nSPS) is 20.7. The molecule has 0 bridgehead atoms. The molecule has 0 spiro atoms. The fourth-order valence-electron chi connectivity index (χ4n) is 2.61. The van der Waals surface area contributed by atoms with Crippen LogP contribution in [-0.4, -0.2) is 75.4 Å². The van der Waals surface area contributed by atoms with Crippen LogP contribution in [0.4, 0.5) is 65.9 Å². The molecule has 0 radical (unpaired) electrons. The second-order valence-corrected chi connectivity index (χ2v) is 15.0. The van der Waals surface area contributed by atoms with Gasteiger partial charge < -0.3 is 4.52 Å². The van der Waals surface area contributed by atoms with Crippen LogP contribution in [0.25, 0.3) is 0 Å². The molecule has 1 N–H and O–H groups in total. The van der Waals surface area contributed by atoms with Crippen LogP contribution >= 0.6 is 22.9 Å². The number of alkyl halides is 15. The van der Waals surface area contributed by atoms with Crippen molar-refractivity contribution in [3.8, 4) is 0 Å². The van der Waals surface area contributed by atoms with Crippen molar-refractivity contribution in [3.63, 3.8) is 0 Å². The third-order valence-electron chi connectivity index (χ3n) is 4.11. The van der Waals surface area contributed by atoms with E-state index in [2.05, 4.69) is 41.1 Å². The van der Waals surface area contributed by atoms with Crippen molar-refractivity contribution >= 4 is 22.9 Å². The van der Waals surface area contributed by atoms with E-state index in [9.17, 15) is 65.9 Å². The predicted molar refractivity (Wildman–Crippen MR) is 124 cm³/mol. The smallest absolute Gasteiger partial charge is 0.306 e. The molecule has 0 aliphatic carbocycles. The van der Waals surface area contributed by atoms with E-state index in [1.165, 1.54) is 24.4 Å². The quantitative estimate of drug-likeness (QED) is 0.149. The Morgan fingerprint density at radius 2 is 0.933 bits per heavy atom. The standard InChI is InChI=1S/C17H19F15N5O5P3/c18-13(19,20)7-38-43(34-6-4-12-3-1-2-5-33-12)35-44(39-8-14(21,22)23,40-9-15(24,25)26)37-45(36-43,41-10-16(27,28)29)42-11-17(30,31)32/h1-3,5,34H,4,6-11H2. The molecule has 1 aromatic heterocycles. The molecule has 0 aromatic carbocycles. The van der Waals surface area contributed by atoms with E-state index in [1.807, 2.05) is 5.09 Å². The summed E-state index contributed by atoms with van der Waals surface area (Å²) in [5, 5.41) is 2.02. The SMILES string of the molecule is FC(F)(F)COP1(NCCc2ccccn2)=NP(OCC(F)(F)F)(OCC(F)(F)F)=NP(OCC(F)(F)F)(OCC(F)(F)F)=N1. The maximum Gasteiger partial charge on any atom is 0.412 e. The zero-order chi connectivity index (χ0) is 34.4. The highest BCUT2D eigenvalue weighted by molar-refractivity contribution is 7.79. The van der Waals surface area contributed by atoms with E-state index in [0.717, 1.165) is 0 Å². The molecule has 0 amide bonds. The van der Waals surface area contributed by atoms with Crippen LogP contribution < -0.4 is 5.09 Å². The van der Waals surface area contributed by atoms with Gasteiger partial charge in [-0.3, -0.25) is 23.1 Å². The zero-order valence-electron chi connectivity index (χ0n) is 21.6. The van der Waals surface area contributed by atoms with Gasteiger partial charge in [0.15, 0.2) is 33.0 Å². The molecular formula is C17H19F15N5O5P3. The number of hydrogen-bond acceptors (Lipinski definition) is 10. The third kappa shape index (κ3) is 15.8. The molecule has 0 saturated heterocycles. The first-order valence-corrected chi connectivity index (χ1v) is 16.0. The molecule has 0 fully saturated rings. The maximum absolute atomic E-state index is 13.2. The first kappa shape index (κ1) is 39.7. The van der Waals surface area contributed by atoms with Crippen molar-refractivity contribution in [3.05, 3.63) is 30.1 Å². The van der Waals surface area contributed by atoms with Gasteiger partial charge in [-0.2, -0.15) is 74.9 Å². The number of hydrogen-bond donors (Lipinski definition) is 1. The van der Waals surface area contributed by atoms with E-state index < -0.39 is 93.4 Å². The van der Waals surface area contributed by atoms with Crippen LogP contribution in [0.15, 0.2) is 37.9 Å². The highest BCUT2D eigenvalue weighted by Crippen LogP contribution is 2.79. The number of nitrogens with one attached hydrogen (secondary N) is 1. The van der Waals surface area contributed by atoms with Gasteiger partial charge in [0, 0.05) is 24.9 Å². The van der Waals surface area contributed by atoms with Crippen LogP contribution in [0.2, 0.25) is 0 Å². The van der Waals surface area contributed by atoms with Crippen LogP contribution in [-0.2, 0) is 29.0 Å². The Morgan fingerprint density at radius 1 is 0.533 bits per heavy atom. The molecule has 2 rings (SSSR count). The van der Waals surface area contributed by atoms with E-state index in [0.29, 0.717) is 0 Å². The molecule has 10 nitrogen and oxygen atoms in total. The number of halogens is 15. The third-order valence-corrected chi connectivity index (χ3v) is 12.7. The summed E-state index contributed by atoms with van der Waals surface area (Å²) in [6.45, 7) is -13.8. The second-order valence-electron chi connectivity index (χ2n) is 8.22. The van der Waals surface area contributed by atoms with Crippen molar-refractivity contribution in [2.45, 2.75) is 37.3 Å². The molecule has 1 aromatic rings. The van der Waals surface area contributed by atoms with Gasteiger partial charge in [-0.05, 0) is 12.1 Å². The lowest BCUT2D eigenvalue weighted by Crippen LogP contribution is -2.25. The number of aromatic nitrogens is 1. The first-order valence-electron chi connectivity index (χ1n) is 11.4. The largest absolute Gasteiger partial charge is 0.412 e. The van der Waals surface area contributed by atoms with Gasteiger partial charge in [-0.1, -0.05) is 6.07 Å². The maximum atomic E-state index is 13.2. The summed E-state index contributed by atoms with van der Waals surface area (Å²) in [7, 11) is -17.3. The number of rotatable bonds is 14. The Labute approximate surface area is 242 Å². The molecule has 262 valence electrons. The summed E-state index contributed by atoms with van der Waals surface area (Å²) in [6, 6.07) is 4.18. The number of nitrogens with zero attached hydrogens (tertiary/aromatic N) is 4. The summed E-state index contributed by atoms with van der Waals surface area (Å²) >= 11 is 0. The molecule has 1 atom stereocenters. The Balaban J connectivity index is 2.91. The lowest BCUT2D eigenvalue weighted by molar-refractivity contribution is -0.163. The molecule has 45 heavy (non-hydrogen) atoms. The Bertz CT molecular complexity index is 1200. The van der Waals surface area contributed by atoms with Crippen LogP contribution in [0.5, 0.6) is 0 Å². The second kappa shape index (κ2) is 14.8. The molecule has 0 saturated carbocycles. The Hall–Kier alpha value is -1.45. The molecule has 1 unspecified atom stereocenters. The monoisotopic (exact) mass is 751 g/mol. The summed E-state index contributed by atoms with van der Waals surface area (Å²) < 4.78 is 228. The predicted octanol–water partition coefficient (Wildman–Crippen LogP) is 8.96. The fourth-order valence-corrected chi connectivity index (χ4v) is 12.4. The van der Waals surface area contributed by atoms with Crippen LogP contribution in [0, 0.1) is 0 Å². The van der Waals surface area contributed by atoms with Gasteiger partial charge in [0.05, 0.1) is 0 Å². The molecule has 2 heterocycles.